The third kappa shape index (κ3) is 4.06. The summed E-state index contributed by atoms with van der Waals surface area (Å²) < 4.78 is 30.6. The van der Waals surface area contributed by atoms with Crippen LogP contribution in [0.1, 0.15) is 11.4 Å². The van der Waals surface area contributed by atoms with E-state index in [0.717, 1.165) is 11.0 Å². The number of imidazole rings is 1. The fraction of sp³-hybridized carbons (Fsp3) is 0. The van der Waals surface area contributed by atoms with Gasteiger partial charge in [-0.2, -0.15) is 13.7 Å². The number of aromatic nitrogens is 2. The number of nitriles is 1. The van der Waals surface area contributed by atoms with Gasteiger partial charge in [0, 0.05) is 10.6 Å². The van der Waals surface area contributed by atoms with Crippen molar-refractivity contribution >= 4 is 44.4 Å². The van der Waals surface area contributed by atoms with Crippen LogP contribution in [0.3, 0.4) is 0 Å². The fourth-order valence-corrected chi connectivity index (χ4v) is 3.91. The molecule has 0 aliphatic rings. The average Bonchev–Trinajstić information content (AvgIpc) is 3.17. The Bertz CT molecular complexity index is 1370. The van der Waals surface area contributed by atoms with Gasteiger partial charge in [-0.05, 0) is 48.5 Å². The molecule has 0 atom stereocenters. The monoisotopic (exact) mass is 435 g/mol. The zero-order chi connectivity index (χ0) is 21.1. The number of halogens is 1. The molecule has 148 valence electrons. The molecule has 4 rings (SSSR count). The van der Waals surface area contributed by atoms with E-state index in [2.05, 4.69) is 16.0 Å². The van der Waals surface area contributed by atoms with Gasteiger partial charge in [-0.15, -0.1) is 0 Å². The van der Waals surface area contributed by atoms with Crippen LogP contribution in [0.25, 0.3) is 22.7 Å². The molecule has 0 spiro atoms. The highest BCUT2D eigenvalue weighted by atomic mass is 35.5. The number of aromatic amines is 1. The molecule has 30 heavy (non-hydrogen) atoms. The lowest BCUT2D eigenvalue weighted by molar-refractivity contribution is 0.485. The first-order valence-electron chi connectivity index (χ1n) is 8.82. The van der Waals surface area contributed by atoms with E-state index in [9.17, 15) is 13.7 Å². The van der Waals surface area contributed by atoms with Crippen molar-refractivity contribution < 1.29 is 12.6 Å². The molecule has 0 radical (unpaired) electrons. The number of hydrogen-bond donors (Lipinski definition) is 1. The molecule has 0 saturated heterocycles. The minimum absolute atomic E-state index is 0.0246. The predicted molar refractivity (Wildman–Crippen MR) is 115 cm³/mol. The van der Waals surface area contributed by atoms with Crippen LogP contribution >= 0.6 is 11.6 Å². The molecule has 0 unspecified atom stereocenters. The SMILES string of the molecule is N#C/C(=C\c1ccccc1OS(=O)(=O)c1ccc(Cl)cc1)c1nc2ccccc2[nH]1. The van der Waals surface area contributed by atoms with Crippen LogP contribution in [0.5, 0.6) is 5.75 Å². The molecule has 0 aliphatic heterocycles. The number of allylic oxidation sites excluding steroid dienone is 1. The Hall–Kier alpha value is -3.60. The molecule has 1 aromatic heterocycles. The van der Waals surface area contributed by atoms with Crippen LogP contribution in [-0.4, -0.2) is 18.4 Å². The normalized spacial score (nSPS) is 11.9. The van der Waals surface area contributed by atoms with Gasteiger partial charge < -0.3 is 9.17 Å². The minimum atomic E-state index is -4.07. The summed E-state index contributed by atoms with van der Waals surface area (Å²) in [5.74, 6) is 0.477. The lowest BCUT2D eigenvalue weighted by Crippen LogP contribution is -2.10. The smallest absolute Gasteiger partial charge is 0.339 e. The van der Waals surface area contributed by atoms with Gasteiger partial charge in [0.1, 0.15) is 22.5 Å². The number of fused-ring (bicyclic) bond motifs is 1. The summed E-state index contributed by atoms with van der Waals surface area (Å²) in [4.78, 5) is 7.49. The Labute approximate surface area is 178 Å². The van der Waals surface area contributed by atoms with Gasteiger partial charge in [0.2, 0.25) is 0 Å². The van der Waals surface area contributed by atoms with Crippen LogP contribution in [0.2, 0.25) is 5.02 Å². The molecule has 0 aliphatic carbocycles. The first-order chi connectivity index (χ1) is 14.5. The molecule has 0 bridgehead atoms. The topological polar surface area (TPSA) is 95.8 Å². The van der Waals surface area contributed by atoms with Gasteiger partial charge in [-0.25, -0.2) is 4.98 Å². The number of hydrogen-bond acceptors (Lipinski definition) is 5. The lowest BCUT2D eigenvalue weighted by atomic mass is 10.1. The zero-order valence-corrected chi connectivity index (χ0v) is 17.0. The predicted octanol–water partition coefficient (Wildman–Crippen LogP) is 5.05. The van der Waals surface area contributed by atoms with E-state index in [0.29, 0.717) is 16.4 Å². The average molecular weight is 436 g/mol. The zero-order valence-electron chi connectivity index (χ0n) is 15.4. The maximum Gasteiger partial charge on any atom is 0.339 e. The number of rotatable bonds is 5. The molecule has 3 aromatic carbocycles. The van der Waals surface area contributed by atoms with Crippen molar-refractivity contribution in [1.82, 2.24) is 9.97 Å². The lowest BCUT2D eigenvalue weighted by Gasteiger charge is -2.10. The van der Waals surface area contributed by atoms with Crippen LogP contribution in [0.15, 0.2) is 77.7 Å². The summed E-state index contributed by atoms with van der Waals surface area (Å²) in [6, 6.07) is 21.7. The molecule has 0 fully saturated rings. The van der Waals surface area contributed by atoms with E-state index < -0.39 is 10.1 Å². The first kappa shape index (κ1) is 19.7. The van der Waals surface area contributed by atoms with Gasteiger partial charge in [-0.1, -0.05) is 41.9 Å². The Morgan fingerprint density at radius 3 is 2.47 bits per heavy atom. The third-order valence-electron chi connectivity index (χ3n) is 4.29. The van der Waals surface area contributed by atoms with Gasteiger partial charge in [-0.3, -0.25) is 0 Å². The molecule has 0 saturated carbocycles. The second-order valence-electron chi connectivity index (χ2n) is 6.30. The molecule has 1 N–H and O–H groups in total. The standard InChI is InChI=1S/C22H14ClN3O3S/c23-17-9-11-18(12-10-17)30(27,28)29-21-8-4-1-5-15(21)13-16(14-24)22-25-19-6-2-3-7-20(19)26-22/h1-13H,(H,25,26)/b16-13+. The van der Waals surface area contributed by atoms with Crippen molar-refractivity contribution in [3.63, 3.8) is 0 Å². The number of para-hydroxylation sites is 3. The number of nitrogens with one attached hydrogen (secondary N) is 1. The Kier molecular flexibility index (Phi) is 5.27. The van der Waals surface area contributed by atoms with Crippen LogP contribution in [-0.2, 0) is 10.1 Å². The highest BCUT2D eigenvalue weighted by Gasteiger charge is 2.18. The first-order valence-corrected chi connectivity index (χ1v) is 10.6. The summed E-state index contributed by atoms with van der Waals surface area (Å²) in [7, 11) is -4.07. The van der Waals surface area contributed by atoms with Gasteiger partial charge in [0.05, 0.1) is 16.6 Å². The van der Waals surface area contributed by atoms with Crippen molar-refractivity contribution in [3.8, 4) is 11.8 Å². The Morgan fingerprint density at radius 1 is 1.03 bits per heavy atom. The van der Waals surface area contributed by atoms with Crippen LogP contribution < -0.4 is 4.18 Å². The van der Waals surface area contributed by atoms with Gasteiger partial charge in [0.15, 0.2) is 0 Å². The number of nitrogens with zero attached hydrogens (tertiary/aromatic N) is 2. The largest absolute Gasteiger partial charge is 0.378 e. The minimum Gasteiger partial charge on any atom is -0.378 e. The molecule has 1 heterocycles. The quantitative estimate of drug-likeness (QED) is 0.349. The molecular weight excluding hydrogens is 422 g/mol. The third-order valence-corrected chi connectivity index (χ3v) is 5.79. The Balaban J connectivity index is 1.72. The summed E-state index contributed by atoms with van der Waals surface area (Å²) in [5, 5.41) is 10.1. The van der Waals surface area contributed by atoms with E-state index in [4.69, 9.17) is 15.8 Å². The summed E-state index contributed by atoms with van der Waals surface area (Å²) >= 11 is 5.83. The molecule has 8 heteroatoms. The summed E-state index contributed by atoms with van der Waals surface area (Å²) in [6.45, 7) is 0. The van der Waals surface area contributed by atoms with E-state index in [1.807, 2.05) is 24.3 Å². The van der Waals surface area contributed by atoms with Crippen molar-refractivity contribution in [2.75, 3.05) is 0 Å². The highest BCUT2D eigenvalue weighted by Crippen LogP contribution is 2.27. The number of benzene rings is 3. The van der Waals surface area contributed by atoms with Crippen molar-refractivity contribution in [1.29, 1.82) is 5.26 Å². The molecule has 4 aromatic rings. The molecular formula is C22H14ClN3O3S. The van der Waals surface area contributed by atoms with Crippen molar-refractivity contribution in [2.45, 2.75) is 4.90 Å². The second-order valence-corrected chi connectivity index (χ2v) is 8.28. The number of H-pyrrole nitrogens is 1. The maximum absolute atomic E-state index is 12.6. The Morgan fingerprint density at radius 2 is 1.73 bits per heavy atom. The maximum atomic E-state index is 12.6. The van der Waals surface area contributed by atoms with E-state index in [-0.39, 0.29) is 16.2 Å². The van der Waals surface area contributed by atoms with Gasteiger partial charge >= 0.3 is 10.1 Å². The van der Waals surface area contributed by atoms with Crippen LogP contribution in [0.4, 0.5) is 0 Å². The summed E-state index contributed by atoms with van der Waals surface area (Å²) in [6.07, 6.45) is 1.53. The van der Waals surface area contributed by atoms with Crippen molar-refractivity contribution in [3.05, 3.63) is 89.2 Å². The van der Waals surface area contributed by atoms with E-state index in [1.54, 1.807) is 18.2 Å². The van der Waals surface area contributed by atoms with Crippen LogP contribution in [0, 0.1) is 11.3 Å². The molecule has 0 amide bonds. The molecule has 6 nitrogen and oxygen atoms in total. The van der Waals surface area contributed by atoms with Crippen molar-refractivity contribution in [2.24, 2.45) is 0 Å². The van der Waals surface area contributed by atoms with Gasteiger partial charge in [0.25, 0.3) is 0 Å². The fourth-order valence-electron chi connectivity index (χ4n) is 2.83. The second kappa shape index (κ2) is 8.03. The highest BCUT2D eigenvalue weighted by molar-refractivity contribution is 7.87. The summed E-state index contributed by atoms with van der Waals surface area (Å²) in [5.41, 5.74) is 2.19. The van der Waals surface area contributed by atoms with E-state index in [1.165, 1.54) is 36.4 Å². The van der Waals surface area contributed by atoms with E-state index >= 15 is 0 Å².